The molecule has 2 N–H and O–H groups in total. The molecule has 1 aliphatic carbocycles. The van der Waals surface area contributed by atoms with Crippen molar-refractivity contribution in [2.45, 2.75) is 72.1 Å². The maximum atomic E-state index is 11.4. The summed E-state index contributed by atoms with van der Waals surface area (Å²) < 4.78 is 12.0. The molecule has 6 heteroatoms. The predicted octanol–water partition coefficient (Wildman–Crippen LogP) is 4.73. The second kappa shape index (κ2) is 10.2. The van der Waals surface area contributed by atoms with Crippen molar-refractivity contribution < 1.29 is 19.1 Å². The molecule has 3 rings (SSSR count). The molecule has 1 aromatic heterocycles. The zero-order valence-electron chi connectivity index (χ0n) is 18.5. The summed E-state index contributed by atoms with van der Waals surface area (Å²) in [6.07, 6.45) is 4.36. The van der Waals surface area contributed by atoms with E-state index in [1.54, 1.807) is 0 Å². The number of aliphatic carboxylic acids is 1. The van der Waals surface area contributed by atoms with Gasteiger partial charge >= 0.3 is 5.97 Å². The minimum atomic E-state index is -0.778. The van der Waals surface area contributed by atoms with Crippen LogP contribution in [0.15, 0.2) is 28.7 Å². The van der Waals surface area contributed by atoms with Gasteiger partial charge in [-0.05, 0) is 63.6 Å². The number of aromatic nitrogens is 1. The van der Waals surface area contributed by atoms with Crippen LogP contribution in [0.25, 0.3) is 11.5 Å². The molecule has 2 aromatic rings. The Balaban J connectivity index is 1.52. The van der Waals surface area contributed by atoms with E-state index in [-0.39, 0.29) is 12.0 Å². The Labute approximate surface area is 179 Å². The van der Waals surface area contributed by atoms with Gasteiger partial charge in [0.15, 0.2) is 0 Å². The van der Waals surface area contributed by atoms with E-state index in [2.05, 4.69) is 29.4 Å². The first-order chi connectivity index (χ1) is 14.3. The van der Waals surface area contributed by atoms with Gasteiger partial charge in [-0.25, -0.2) is 4.98 Å². The summed E-state index contributed by atoms with van der Waals surface area (Å²) in [4.78, 5) is 16.0. The van der Waals surface area contributed by atoms with Crippen LogP contribution in [0.2, 0.25) is 0 Å². The van der Waals surface area contributed by atoms with Crippen molar-refractivity contribution in [2.75, 3.05) is 6.54 Å². The van der Waals surface area contributed by atoms with Gasteiger partial charge in [0, 0.05) is 5.56 Å². The fourth-order valence-electron chi connectivity index (χ4n) is 4.06. The second-order valence-corrected chi connectivity index (χ2v) is 8.82. The number of nitrogens with one attached hydrogen (secondary N) is 1. The van der Waals surface area contributed by atoms with Gasteiger partial charge in [0.05, 0.1) is 12.7 Å². The normalized spacial score (nSPS) is 20.4. The van der Waals surface area contributed by atoms with E-state index < -0.39 is 12.0 Å². The number of ether oxygens (including phenoxy) is 1. The van der Waals surface area contributed by atoms with Crippen molar-refractivity contribution >= 4 is 5.97 Å². The Bertz CT molecular complexity index is 828. The lowest BCUT2D eigenvalue weighted by Crippen LogP contribution is -2.44. The minimum Gasteiger partial charge on any atom is -0.480 e. The number of hydrogen-bond acceptors (Lipinski definition) is 5. The van der Waals surface area contributed by atoms with Crippen LogP contribution in [0.3, 0.4) is 0 Å². The van der Waals surface area contributed by atoms with Gasteiger partial charge < -0.3 is 19.6 Å². The highest BCUT2D eigenvalue weighted by atomic mass is 16.5. The number of hydrogen-bond donors (Lipinski definition) is 2. The summed E-state index contributed by atoms with van der Waals surface area (Å²) in [6.45, 7) is 9.01. The van der Waals surface area contributed by atoms with E-state index in [1.807, 2.05) is 32.9 Å². The van der Waals surface area contributed by atoms with Gasteiger partial charge in [-0.3, -0.25) is 4.79 Å². The Morgan fingerprint density at radius 1 is 1.27 bits per heavy atom. The molecule has 0 bridgehead atoms. The number of carboxylic acids is 1. The summed E-state index contributed by atoms with van der Waals surface area (Å²) in [5, 5.41) is 12.6. The summed E-state index contributed by atoms with van der Waals surface area (Å²) in [5.74, 6) is 1.15. The fourth-order valence-corrected chi connectivity index (χ4v) is 4.06. The number of carbonyl (C=O) groups is 1. The van der Waals surface area contributed by atoms with E-state index in [9.17, 15) is 9.90 Å². The van der Waals surface area contributed by atoms with Crippen molar-refractivity contribution in [3.63, 3.8) is 0 Å². The van der Waals surface area contributed by atoms with E-state index in [1.165, 1.54) is 5.56 Å². The van der Waals surface area contributed by atoms with Crippen LogP contribution >= 0.6 is 0 Å². The minimum absolute atomic E-state index is 0.0657. The molecule has 0 radical (unpaired) electrons. The van der Waals surface area contributed by atoms with Gasteiger partial charge in [0.25, 0.3) is 0 Å². The number of benzene rings is 1. The summed E-state index contributed by atoms with van der Waals surface area (Å²) in [7, 11) is 0. The maximum absolute atomic E-state index is 11.4. The number of nitrogens with zero attached hydrogens (tertiary/aromatic N) is 1. The molecule has 1 heterocycles. The van der Waals surface area contributed by atoms with E-state index in [0.717, 1.165) is 49.2 Å². The van der Waals surface area contributed by atoms with Crippen LogP contribution in [0.4, 0.5) is 0 Å². The van der Waals surface area contributed by atoms with Crippen molar-refractivity contribution in [1.29, 1.82) is 0 Å². The van der Waals surface area contributed by atoms with Crippen molar-refractivity contribution in [3.05, 3.63) is 41.3 Å². The van der Waals surface area contributed by atoms with Crippen molar-refractivity contribution in [3.8, 4) is 11.5 Å². The highest BCUT2D eigenvalue weighted by Gasteiger charge is 2.26. The van der Waals surface area contributed by atoms with E-state index in [0.29, 0.717) is 18.4 Å². The van der Waals surface area contributed by atoms with Gasteiger partial charge in [-0.1, -0.05) is 38.0 Å². The second-order valence-electron chi connectivity index (χ2n) is 8.82. The van der Waals surface area contributed by atoms with Gasteiger partial charge in [-0.15, -0.1) is 0 Å². The lowest BCUT2D eigenvalue weighted by atomic mass is 9.86. The summed E-state index contributed by atoms with van der Waals surface area (Å²) in [5.41, 5.74) is 3.02. The molecule has 164 valence electrons. The van der Waals surface area contributed by atoms with Crippen molar-refractivity contribution in [2.24, 2.45) is 11.8 Å². The monoisotopic (exact) mass is 414 g/mol. The molecular formula is C24H34N2O4. The zero-order chi connectivity index (χ0) is 21.7. The van der Waals surface area contributed by atoms with E-state index in [4.69, 9.17) is 9.15 Å². The SMILES string of the molecule is Cc1ccc(-c2nc(COC3CCCC(CN[C@H](C(=O)O)C(C)C)C3)c(C)o2)cc1. The Morgan fingerprint density at radius 2 is 2.00 bits per heavy atom. The third kappa shape index (κ3) is 5.92. The Hall–Kier alpha value is -2.18. The fraction of sp³-hybridized carbons (Fsp3) is 0.583. The third-order valence-corrected chi connectivity index (χ3v) is 5.94. The molecule has 30 heavy (non-hydrogen) atoms. The third-order valence-electron chi connectivity index (χ3n) is 5.94. The first kappa shape index (κ1) is 22.5. The molecule has 0 aliphatic heterocycles. The topological polar surface area (TPSA) is 84.6 Å². The van der Waals surface area contributed by atoms with E-state index >= 15 is 0 Å². The largest absolute Gasteiger partial charge is 0.480 e. The van der Waals surface area contributed by atoms with Crippen LogP contribution in [-0.2, 0) is 16.1 Å². The molecule has 1 fully saturated rings. The summed E-state index contributed by atoms with van der Waals surface area (Å²) >= 11 is 0. The average molecular weight is 415 g/mol. The number of oxazole rings is 1. The van der Waals surface area contributed by atoms with Crippen LogP contribution in [0.5, 0.6) is 0 Å². The predicted molar refractivity (Wildman–Crippen MR) is 116 cm³/mol. The number of rotatable bonds is 9. The Morgan fingerprint density at radius 3 is 2.67 bits per heavy atom. The molecule has 1 aliphatic rings. The molecule has 1 aromatic carbocycles. The molecule has 2 unspecified atom stereocenters. The van der Waals surface area contributed by atoms with Gasteiger partial charge in [0.1, 0.15) is 17.5 Å². The highest BCUT2D eigenvalue weighted by molar-refractivity contribution is 5.73. The molecular weight excluding hydrogens is 380 g/mol. The maximum Gasteiger partial charge on any atom is 0.320 e. The van der Waals surface area contributed by atoms with Crippen LogP contribution in [-0.4, -0.2) is 34.8 Å². The smallest absolute Gasteiger partial charge is 0.320 e. The molecule has 1 saturated carbocycles. The molecule has 0 amide bonds. The molecule has 3 atom stereocenters. The number of carboxylic acid groups (broad SMARTS) is 1. The average Bonchev–Trinajstić information content (AvgIpc) is 3.07. The van der Waals surface area contributed by atoms with Gasteiger partial charge in [-0.2, -0.15) is 0 Å². The van der Waals surface area contributed by atoms with Crippen LogP contribution < -0.4 is 5.32 Å². The standard InChI is InChI=1S/C24H34N2O4/c1-15(2)22(24(27)28)25-13-18-6-5-7-20(12-18)29-14-21-17(4)30-23(26-21)19-10-8-16(3)9-11-19/h8-11,15,18,20,22,25H,5-7,12-14H2,1-4H3,(H,27,28)/t18?,20?,22-/m0/s1. The van der Waals surface area contributed by atoms with Crippen molar-refractivity contribution in [1.82, 2.24) is 10.3 Å². The highest BCUT2D eigenvalue weighted by Crippen LogP contribution is 2.28. The molecule has 6 nitrogen and oxygen atoms in total. The van der Waals surface area contributed by atoms with Crippen LogP contribution in [0, 0.1) is 25.7 Å². The first-order valence-electron chi connectivity index (χ1n) is 10.9. The van der Waals surface area contributed by atoms with Gasteiger partial charge in [0.2, 0.25) is 5.89 Å². The summed E-state index contributed by atoms with van der Waals surface area (Å²) in [6, 6.07) is 7.64. The zero-order valence-corrected chi connectivity index (χ0v) is 18.5. The first-order valence-corrected chi connectivity index (χ1v) is 10.9. The lowest BCUT2D eigenvalue weighted by Gasteiger charge is -2.30. The quantitative estimate of drug-likeness (QED) is 0.617. The molecule has 0 saturated heterocycles. The van der Waals surface area contributed by atoms with Crippen LogP contribution in [0.1, 0.15) is 56.5 Å². The lowest BCUT2D eigenvalue weighted by molar-refractivity contribution is -0.140. The molecule has 0 spiro atoms. The number of aryl methyl sites for hydroxylation is 2. The Kier molecular flexibility index (Phi) is 7.67.